The van der Waals surface area contributed by atoms with Crippen molar-refractivity contribution in [3.63, 3.8) is 0 Å². The van der Waals surface area contributed by atoms with Crippen molar-refractivity contribution < 1.29 is 9.59 Å². The number of rotatable bonds is 8. The van der Waals surface area contributed by atoms with E-state index in [9.17, 15) is 9.59 Å². The van der Waals surface area contributed by atoms with Gasteiger partial charge >= 0.3 is 0 Å². The standard InChI is InChI=1S/C19H22N6O2S3/c1-11-12(2)30-18(20-11)22-17(27)10-29-19-24-23-15(25(19)3)9-16(26)21-13-6-5-7-14(8-13)28-4/h5-8H,9-10H2,1-4H3,(H,21,26)(H,20,22,27). The molecule has 0 fully saturated rings. The van der Waals surface area contributed by atoms with E-state index in [0.29, 0.717) is 16.1 Å². The Bertz CT molecular complexity index is 1040. The molecule has 8 nitrogen and oxygen atoms in total. The number of nitrogens with zero attached hydrogens (tertiary/aromatic N) is 4. The maximum atomic E-state index is 12.4. The molecule has 30 heavy (non-hydrogen) atoms. The van der Waals surface area contributed by atoms with Crippen LogP contribution in [0.4, 0.5) is 10.8 Å². The van der Waals surface area contributed by atoms with Crippen molar-refractivity contribution in [1.29, 1.82) is 0 Å². The number of thioether (sulfide) groups is 2. The largest absolute Gasteiger partial charge is 0.326 e. The number of nitrogens with one attached hydrogen (secondary N) is 2. The van der Waals surface area contributed by atoms with Crippen LogP contribution in [0.5, 0.6) is 0 Å². The third-order valence-electron chi connectivity index (χ3n) is 4.20. The Hall–Kier alpha value is -2.37. The van der Waals surface area contributed by atoms with Gasteiger partial charge in [0.15, 0.2) is 10.3 Å². The fourth-order valence-electron chi connectivity index (χ4n) is 2.49. The van der Waals surface area contributed by atoms with Gasteiger partial charge < -0.3 is 15.2 Å². The summed E-state index contributed by atoms with van der Waals surface area (Å²) in [5, 5.41) is 15.0. The quantitative estimate of drug-likeness (QED) is 0.494. The number of benzene rings is 1. The molecule has 0 aliphatic carbocycles. The molecule has 0 bridgehead atoms. The zero-order valence-corrected chi connectivity index (χ0v) is 19.5. The highest BCUT2D eigenvalue weighted by atomic mass is 32.2. The Labute approximate surface area is 187 Å². The van der Waals surface area contributed by atoms with Crippen LogP contribution in [0, 0.1) is 13.8 Å². The average molecular weight is 463 g/mol. The number of thiazole rings is 1. The molecule has 3 aromatic rings. The molecule has 0 saturated carbocycles. The van der Waals surface area contributed by atoms with E-state index in [1.165, 1.54) is 23.1 Å². The first-order valence-corrected chi connectivity index (χ1v) is 12.1. The number of carbonyl (C=O) groups excluding carboxylic acids is 2. The number of aryl methyl sites for hydroxylation is 2. The van der Waals surface area contributed by atoms with Gasteiger partial charge in [0.2, 0.25) is 11.8 Å². The van der Waals surface area contributed by atoms with Crippen molar-refractivity contribution >= 4 is 57.5 Å². The Morgan fingerprint density at radius 3 is 2.67 bits per heavy atom. The molecule has 0 aliphatic rings. The molecule has 2 N–H and O–H groups in total. The van der Waals surface area contributed by atoms with Crippen LogP contribution in [-0.2, 0) is 23.1 Å². The van der Waals surface area contributed by atoms with E-state index in [1.54, 1.807) is 23.4 Å². The molecule has 2 amide bonds. The van der Waals surface area contributed by atoms with Gasteiger partial charge in [-0.05, 0) is 38.3 Å². The van der Waals surface area contributed by atoms with E-state index in [0.717, 1.165) is 21.2 Å². The van der Waals surface area contributed by atoms with Crippen molar-refractivity contribution in [2.75, 3.05) is 22.6 Å². The average Bonchev–Trinajstić information content (AvgIpc) is 3.21. The summed E-state index contributed by atoms with van der Waals surface area (Å²) in [7, 11) is 1.78. The highest BCUT2D eigenvalue weighted by molar-refractivity contribution is 7.99. The second kappa shape index (κ2) is 10.1. The smallest absolute Gasteiger partial charge is 0.236 e. The molecule has 1 aromatic carbocycles. The van der Waals surface area contributed by atoms with Crippen LogP contribution in [0.2, 0.25) is 0 Å². The summed E-state index contributed by atoms with van der Waals surface area (Å²) in [6, 6.07) is 7.65. The lowest BCUT2D eigenvalue weighted by Crippen LogP contribution is -2.17. The molecule has 0 unspecified atom stereocenters. The number of carbonyl (C=O) groups is 2. The minimum absolute atomic E-state index is 0.0947. The molecular formula is C19H22N6O2S3. The maximum Gasteiger partial charge on any atom is 0.236 e. The second-order valence-corrected chi connectivity index (χ2v) is 9.44. The first-order valence-electron chi connectivity index (χ1n) is 9.04. The first-order chi connectivity index (χ1) is 14.4. The van der Waals surface area contributed by atoms with Crippen LogP contribution in [0.1, 0.15) is 16.4 Å². The minimum Gasteiger partial charge on any atom is -0.326 e. The highest BCUT2D eigenvalue weighted by Crippen LogP contribution is 2.22. The van der Waals surface area contributed by atoms with Gasteiger partial charge in [-0.2, -0.15) is 0 Å². The van der Waals surface area contributed by atoms with E-state index in [1.807, 2.05) is 44.4 Å². The van der Waals surface area contributed by atoms with E-state index in [-0.39, 0.29) is 24.0 Å². The molecular weight excluding hydrogens is 440 g/mol. The molecule has 2 heterocycles. The van der Waals surface area contributed by atoms with Crippen LogP contribution in [0.25, 0.3) is 0 Å². The molecule has 2 aromatic heterocycles. The molecule has 0 saturated heterocycles. The lowest BCUT2D eigenvalue weighted by atomic mass is 10.3. The van der Waals surface area contributed by atoms with Crippen molar-refractivity contribution in [1.82, 2.24) is 19.7 Å². The maximum absolute atomic E-state index is 12.4. The van der Waals surface area contributed by atoms with Gasteiger partial charge in [-0.3, -0.25) is 9.59 Å². The Morgan fingerprint density at radius 2 is 1.97 bits per heavy atom. The van der Waals surface area contributed by atoms with Gasteiger partial charge in [-0.1, -0.05) is 17.8 Å². The van der Waals surface area contributed by atoms with Gasteiger partial charge in [-0.25, -0.2) is 4.98 Å². The Balaban J connectivity index is 1.53. The zero-order chi connectivity index (χ0) is 21.7. The first kappa shape index (κ1) is 22.3. The predicted octanol–water partition coefficient (Wildman–Crippen LogP) is 3.52. The number of hydrogen-bond acceptors (Lipinski definition) is 8. The second-order valence-electron chi connectivity index (χ2n) is 6.41. The van der Waals surface area contributed by atoms with Gasteiger partial charge in [-0.15, -0.1) is 33.3 Å². The van der Waals surface area contributed by atoms with Crippen molar-refractivity contribution in [2.45, 2.75) is 30.3 Å². The number of aromatic nitrogens is 4. The molecule has 0 spiro atoms. The summed E-state index contributed by atoms with van der Waals surface area (Å²) in [4.78, 5) is 31.0. The van der Waals surface area contributed by atoms with Gasteiger partial charge in [0.05, 0.1) is 17.9 Å². The van der Waals surface area contributed by atoms with E-state index in [4.69, 9.17) is 0 Å². The summed E-state index contributed by atoms with van der Waals surface area (Å²) in [5.41, 5.74) is 1.66. The van der Waals surface area contributed by atoms with Crippen LogP contribution < -0.4 is 10.6 Å². The Kier molecular flexibility index (Phi) is 7.51. The zero-order valence-electron chi connectivity index (χ0n) is 17.1. The van der Waals surface area contributed by atoms with Crippen LogP contribution in [0.3, 0.4) is 0 Å². The topological polar surface area (TPSA) is 102 Å². The van der Waals surface area contributed by atoms with Crippen LogP contribution in [-0.4, -0.2) is 43.6 Å². The minimum atomic E-state index is -0.174. The Morgan fingerprint density at radius 1 is 1.17 bits per heavy atom. The lowest BCUT2D eigenvalue weighted by Gasteiger charge is -2.07. The molecule has 3 rings (SSSR count). The fourth-order valence-corrected chi connectivity index (χ4v) is 4.51. The van der Waals surface area contributed by atoms with Gasteiger partial charge in [0, 0.05) is 22.5 Å². The monoisotopic (exact) mass is 462 g/mol. The van der Waals surface area contributed by atoms with Crippen molar-refractivity contribution in [3.8, 4) is 0 Å². The predicted molar refractivity (Wildman–Crippen MR) is 123 cm³/mol. The number of amides is 2. The van der Waals surface area contributed by atoms with Gasteiger partial charge in [0.25, 0.3) is 0 Å². The molecule has 0 atom stereocenters. The fraction of sp³-hybridized carbons (Fsp3) is 0.316. The summed E-state index contributed by atoms with van der Waals surface area (Å²) >= 11 is 4.33. The van der Waals surface area contributed by atoms with E-state index in [2.05, 4.69) is 25.8 Å². The summed E-state index contributed by atoms with van der Waals surface area (Å²) < 4.78 is 1.73. The van der Waals surface area contributed by atoms with Crippen LogP contribution >= 0.6 is 34.9 Å². The highest BCUT2D eigenvalue weighted by Gasteiger charge is 2.15. The third-order valence-corrected chi connectivity index (χ3v) is 6.94. The van der Waals surface area contributed by atoms with E-state index < -0.39 is 0 Å². The number of anilines is 2. The van der Waals surface area contributed by atoms with Crippen LogP contribution in [0.15, 0.2) is 34.3 Å². The third kappa shape index (κ3) is 5.83. The lowest BCUT2D eigenvalue weighted by molar-refractivity contribution is -0.116. The molecule has 158 valence electrons. The molecule has 11 heteroatoms. The van der Waals surface area contributed by atoms with Crippen molar-refractivity contribution in [3.05, 3.63) is 40.7 Å². The summed E-state index contributed by atoms with van der Waals surface area (Å²) in [6.45, 7) is 3.88. The molecule has 0 radical (unpaired) electrons. The van der Waals surface area contributed by atoms with Crippen molar-refractivity contribution in [2.24, 2.45) is 7.05 Å². The normalized spacial score (nSPS) is 10.8. The summed E-state index contributed by atoms with van der Waals surface area (Å²) in [5.74, 6) is 0.372. The van der Waals surface area contributed by atoms with E-state index >= 15 is 0 Å². The SMILES string of the molecule is CSc1cccc(NC(=O)Cc2nnc(SCC(=O)Nc3nc(C)c(C)s3)n2C)c1. The molecule has 0 aliphatic heterocycles. The summed E-state index contributed by atoms with van der Waals surface area (Å²) in [6.07, 6.45) is 2.08. The van der Waals surface area contributed by atoms with Gasteiger partial charge in [0.1, 0.15) is 5.82 Å². The number of hydrogen-bond donors (Lipinski definition) is 2.